The molecule has 0 aliphatic heterocycles. The Labute approximate surface area is 204 Å². The van der Waals surface area contributed by atoms with E-state index in [1.165, 1.54) is 40.6 Å². The molecule has 0 saturated carbocycles. The molecular weight excluding hydrogens is 467 g/mol. The fraction of sp³-hybridized carbons (Fsp3) is 0.154. The molecule has 7 nitrogen and oxygen atoms in total. The van der Waals surface area contributed by atoms with Crippen molar-refractivity contribution < 1.29 is 13.7 Å². The zero-order valence-electron chi connectivity index (χ0n) is 19.3. The van der Waals surface area contributed by atoms with Crippen LogP contribution < -0.4 is 5.56 Å². The summed E-state index contributed by atoms with van der Waals surface area (Å²) in [7, 11) is 0. The Bertz CT molecular complexity index is 1630. The number of aryl methyl sites for hydroxylation is 2. The van der Waals surface area contributed by atoms with E-state index in [0.717, 1.165) is 11.4 Å². The summed E-state index contributed by atoms with van der Waals surface area (Å²) in [6.07, 6.45) is 0. The Balaban J connectivity index is 1.51. The lowest BCUT2D eigenvalue weighted by atomic mass is 10.2. The standard InChI is InChI=1S/C26H21FN4O3S/c1-15-12-21(17(3)30(15)24-13-16(2)34-29-24)23(32)14-35-26-28-22-7-5-4-6-20(22)25(33)31(26)19-10-8-18(27)9-11-19/h4-13H,14H2,1-3H3. The van der Waals surface area contributed by atoms with E-state index in [1.807, 2.05) is 37.5 Å². The molecule has 3 heterocycles. The highest BCUT2D eigenvalue weighted by atomic mass is 32.2. The van der Waals surface area contributed by atoms with Gasteiger partial charge in [0.25, 0.3) is 5.56 Å². The normalized spacial score (nSPS) is 11.3. The maximum absolute atomic E-state index is 13.5. The Hall–Kier alpha value is -3.98. The predicted molar refractivity (Wildman–Crippen MR) is 132 cm³/mol. The van der Waals surface area contributed by atoms with E-state index >= 15 is 0 Å². The van der Waals surface area contributed by atoms with E-state index in [9.17, 15) is 14.0 Å². The van der Waals surface area contributed by atoms with Crippen molar-refractivity contribution in [2.45, 2.75) is 25.9 Å². The van der Waals surface area contributed by atoms with Crippen LogP contribution in [0.2, 0.25) is 0 Å². The van der Waals surface area contributed by atoms with E-state index < -0.39 is 5.82 Å². The number of carbonyl (C=O) groups excluding carboxylic acids is 1. The zero-order chi connectivity index (χ0) is 24.7. The average Bonchev–Trinajstić information content (AvgIpc) is 3.40. The van der Waals surface area contributed by atoms with Gasteiger partial charge in [-0.05, 0) is 63.2 Å². The minimum atomic E-state index is -0.405. The molecule has 0 aliphatic carbocycles. The molecule has 0 unspecified atom stereocenters. The lowest BCUT2D eigenvalue weighted by Gasteiger charge is -2.13. The van der Waals surface area contributed by atoms with Crippen LogP contribution in [0, 0.1) is 26.6 Å². The van der Waals surface area contributed by atoms with Gasteiger partial charge < -0.3 is 4.52 Å². The number of carbonyl (C=O) groups is 1. The predicted octanol–water partition coefficient (Wildman–Crippen LogP) is 5.20. The molecule has 0 radical (unpaired) electrons. The monoisotopic (exact) mass is 488 g/mol. The van der Waals surface area contributed by atoms with Crippen LogP contribution in [0.3, 0.4) is 0 Å². The van der Waals surface area contributed by atoms with E-state index in [4.69, 9.17) is 4.52 Å². The Kier molecular flexibility index (Phi) is 5.86. The third kappa shape index (κ3) is 4.19. The van der Waals surface area contributed by atoms with Crippen molar-refractivity contribution >= 4 is 28.4 Å². The smallest absolute Gasteiger partial charge is 0.266 e. The van der Waals surface area contributed by atoms with Crippen molar-refractivity contribution in [3.05, 3.63) is 99.5 Å². The van der Waals surface area contributed by atoms with E-state index in [2.05, 4.69) is 10.1 Å². The topological polar surface area (TPSA) is 82.9 Å². The second-order valence-electron chi connectivity index (χ2n) is 8.16. The quantitative estimate of drug-likeness (QED) is 0.186. The van der Waals surface area contributed by atoms with Crippen molar-refractivity contribution in [1.29, 1.82) is 0 Å². The number of nitrogens with zero attached hydrogens (tertiary/aromatic N) is 4. The molecule has 35 heavy (non-hydrogen) atoms. The number of aromatic nitrogens is 4. The first-order chi connectivity index (χ1) is 16.8. The lowest BCUT2D eigenvalue weighted by Crippen LogP contribution is -2.22. The van der Waals surface area contributed by atoms with E-state index in [1.54, 1.807) is 24.3 Å². The molecule has 5 aromatic rings. The zero-order valence-corrected chi connectivity index (χ0v) is 20.1. The molecule has 0 fully saturated rings. The van der Waals surface area contributed by atoms with Gasteiger partial charge in [0.2, 0.25) is 0 Å². The van der Waals surface area contributed by atoms with Gasteiger partial charge in [-0.15, -0.1) is 0 Å². The number of fused-ring (bicyclic) bond motifs is 1. The maximum Gasteiger partial charge on any atom is 0.266 e. The summed E-state index contributed by atoms with van der Waals surface area (Å²) in [5.41, 5.74) is 2.90. The maximum atomic E-state index is 13.5. The molecule has 9 heteroatoms. The van der Waals surface area contributed by atoms with Gasteiger partial charge in [0.15, 0.2) is 16.8 Å². The third-order valence-electron chi connectivity index (χ3n) is 5.74. The number of halogens is 1. The second kappa shape index (κ2) is 8.99. The number of para-hydroxylation sites is 1. The highest BCUT2D eigenvalue weighted by molar-refractivity contribution is 7.99. The number of rotatable bonds is 6. The number of ketones is 1. The largest absolute Gasteiger partial charge is 0.360 e. The molecule has 0 aliphatic rings. The molecular formula is C26H21FN4O3S. The van der Waals surface area contributed by atoms with E-state index in [0.29, 0.717) is 38.9 Å². The van der Waals surface area contributed by atoms with Gasteiger partial charge in [-0.1, -0.05) is 29.1 Å². The van der Waals surface area contributed by atoms with Gasteiger partial charge in [0.05, 0.1) is 22.3 Å². The van der Waals surface area contributed by atoms with Crippen molar-refractivity contribution in [2.24, 2.45) is 0 Å². The number of hydrogen-bond acceptors (Lipinski definition) is 6. The highest BCUT2D eigenvalue weighted by Crippen LogP contribution is 2.25. The number of Topliss-reactive ketones (excluding diaryl/α,β-unsaturated/α-hetero) is 1. The average molecular weight is 489 g/mol. The fourth-order valence-corrected chi connectivity index (χ4v) is 4.99. The first kappa shape index (κ1) is 22.8. The fourth-order valence-electron chi connectivity index (χ4n) is 4.09. The van der Waals surface area contributed by atoms with Gasteiger partial charge >= 0.3 is 0 Å². The van der Waals surface area contributed by atoms with Crippen molar-refractivity contribution in [3.63, 3.8) is 0 Å². The van der Waals surface area contributed by atoms with Crippen LogP contribution >= 0.6 is 11.8 Å². The third-order valence-corrected chi connectivity index (χ3v) is 6.68. The Morgan fingerprint density at radius 1 is 1.03 bits per heavy atom. The van der Waals surface area contributed by atoms with Crippen LogP contribution in [-0.2, 0) is 0 Å². The molecule has 0 saturated heterocycles. The SMILES string of the molecule is Cc1cc(-n2c(C)cc(C(=O)CSc3nc4ccccc4c(=O)n3-c3ccc(F)cc3)c2C)no1. The molecule has 0 amide bonds. The van der Waals surface area contributed by atoms with Crippen LogP contribution in [0.15, 0.2) is 75.1 Å². The minimum Gasteiger partial charge on any atom is -0.360 e. The summed E-state index contributed by atoms with van der Waals surface area (Å²) in [5.74, 6) is 0.844. The number of thioether (sulfide) groups is 1. The van der Waals surface area contributed by atoms with Crippen LogP contribution in [0.5, 0.6) is 0 Å². The molecule has 0 atom stereocenters. The summed E-state index contributed by atoms with van der Waals surface area (Å²) >= 11 is 1.17. The first-order valence-corrected chi connectivity index (χ1v) is 11.9. The second-order valence-corrected chi connectivity index (χ2v) is 9.10. The molecule has 176 valence electrons. The van der Waals surface area contributed by atoms with Crippen LogP contribution in [0.1, 0.15) is 27.5 Å². The summed E-state index contributed by atoms with van der Waals surface area (Å²) in [4.78, 5) is 31.2. The first-order valence-electron chi connectivity index (χ1n) is 10.9. The lowest BCUT2D eigenvalue weighted by molar-refractivity contribution is 0.102. The molecule has 0 bridgehead atoms. The molecule has 0 spiro atoms. The van der Waals surface area contributed by atoms with Gasteiger partial charge in [-0.25, -0.2) is 9.37 Å². The summed E-state index contributed by atoms with van der Waals surface area (Å²) < 4.78 is 22.0. The molecule has 3 aromatic heterocycles. The summed E-state index contributed by atoms with van der Waals surface area (Å²) in [6, 6.07) is 16.3. The van der Waals surface area contributed by atoms with Crippen molar-refractivity contribution in [2.75, 3.05) is 5.75 Å². The van der Waals surface area contributed by atoms with Gasteiger partial charge in [-0.2, -0.15) is 0 Å². The van der Waals surface area contributed by atoms with E-state index in [-0.39, 0.29) is 17.1 Å². The molecule has 5 rings (SSSR count). The van der Waals surface area contributed by atoms with Crippen LogP contribution in [0.4, 0.5) is 4.39 Å². The Morgan fingerprint density at radius 2 is 1.77 bits per heavy atom. The van der Waals surface area contributed by atoms with Crippen LogP contribution in [0.25, 0.3) is 22.4 Å². The number of hydrogen-bond donors (Lipinski definition) is 0. The highest BCUT2D eigenvalue weighted by Gasteiger charge is 2.20. The minimum absolute atomic E-state index is 0.0636. The van der Waals surface area contributed by atoms with Crippen molar-refractivity contribution in [3.8, 4) is 11.5 Å². The molecule has 0 N–H and O–H groups in total. The van der Waals surface area contributed by atoms with Crippen molar-refractivity contribution in [1.82, 2.24) is 19.3 Å². The number of benzene rings is 2. The molecule has 2 aromatic carbocycles. The van der Waals surface area contributed by atoms with Gasteiger partial charge in [0.1, 0.15) is 11.6 Å². The summed E-state index contributed by atoms with van der Waals surface area (Å²) in [6.45, 7) is 5.57. The Morgan fingerprint density at radius 3 is 2.49 bits per heavy atom. The van der Waals surface area contributed by atoms with Gasteiger partial charge in [-0.3, -0.25) is 18.7 Å². The summed E-state index contributed by atoms with van der Waals surface area (Å²) in [5, 5.41) is 4.86. The van der Waals surface area contributed by atoms with Gasteiger partial charge in [0, 0.05) is 23.0 Å². The van der Waals surface area contributed by atoms with Crippen LogP contribution in [-0.4, -0.2) is 30.8 Å².